The molecule has 1 fully saturated rings. The second-order valence-electron chi connectivity index (χ2n) is 6.65. The molecular weight excluding hydrogens is 457 g/mol. The van der Waals surface area contributed by atoms with Gasteiger partial charge in [0.05, 0.1) is 16.5 Å². The van der Waals surface area contributed by atoms with Gasteiger partial charge < -0.3 is 14.9 Å². The number of carbonyl (C=O) groups excluding carboxylic acids is 3. The average Bonchev–Trinajstić information content (AvgIpc) is 2.59. The summed E-state index contributed by atoms with van der Waals surface area (Å²) < 4.78 is 65.4. The summed E-state index contributed by atoms with van der Waals surface area (Å²) in [7, 11) is -4.00. The van der Waals surface area contributed by atoms with Crippen LogP contribution in [0.5, 0.6) is 0 Å². The fourth-order valence-corrected chi connectivity index (χ4v) is 4.22. The number of hydrogen-bond donors (Lipinski definition) is 2. The minimum atomic E-state index is -4.71. The van der Waals surface area contributed by atoms with Crippen LogP contribution in [0.25, 0.3) is 0 Å². The van der Waals surface area contributed by atoms with Gasteiger partial charge in [-0.3, -0.25) is 14.4 Å². The molecule has 0 bridgehead atoms. The first kappa shape index (κ1) is 24.4. The Morgan fingerprint density at radius 3 is 2.20 bits per heavy atom. The number of carbonyl (C=O) groups is 3. The molecule has 2 rings (SSSR count). The molecule has 1 aliphatic rings. The molecule has 30 heavy (non-hydrogen) atoms. The summed E-state index contributed by atoms with van der Waals surface area (Å²) in [5.74, 6) is -5.67. The number of ketones is 3. The number of hydrogen-bond acceptors (Lipinski definition) is 8. The van der Waals surface area contributed by atoms with Crippen LogP contribution in [0.15, 0.2) is 17.0 Å². The Morgan fingerprint density at radius 1 is 1.20 bits per heavy atom. The second-order valence-corrected chi connectivity index (χ2v) is 9.02. The molecule has 1 aliphatic carbocycles. The summed E-state index contributed by atoms with van der Waals surface area (Å²) >= 11 is 6.06. The highest BCUT2D eigenvalue weighted by Gasteiger charge is 2.46. The standard InChI is InChI=1S/C17H16ClF3O8S/c1-30(27,28)11-3-2-7(13(18)8(11)5-29-6-17(19,20)21)14(24)12-15(25)9(22)4-10(23)16(12)26/h2-3,9-10,12,22-23H,4-6H2,1H3/t9-,10-/m0/s1. The van der Waals surface area contributed by atoms with Crippen LogP contribution < -0.4 is 0 Å². The molecule has 0 unspecified atom stereocenters. The quantitative estimate of drug-likeness (QED) is 0.460. The zero-order valence-electron chi connectivity index (χ0n) is 15.3. The van der Waals surface area contributed by atoms with Gasteiger partial charge in [0, 0.05) is 23.8 Å². The number of aliphatic hydroxyl groups excluding tert-OH is 2. The van der Waals surface area contributed by atoms with E-state index in [1.807, 2.05) is 0 Å². The Hall–Kier alpha value is -1.86. The van der Waals surface area contributed by atoms with E-state index in [0.29, 0.717) is 0 Å². The number of ether oxygens (including phenoxy) is 1. The predicted octanol–water partition coefficient (Wildman–Crippen LogP) is 0.885. The van der Waals surface area contributed by atoms with Gasteiger partial charge in [-0.15, -0.1) is 0 Å². The van der Waals surface area contributed by atoms with Crippen LogP contribution >= 0.6 is 11.6 Å². The molecule has 2 N–H and O–H groups in total. The molecule has 0 aliphatic heterocycles. The zero-order chi connectivity index (χ0) is 23.0. The third-order valence-corrected chi connectivity index (χ3v) is 5.93. The lowest BCUT2D eigenvalue weighted by Crippen LogP contribution is -2.50. The van der Waals surface area contributed by atoms with Gasteiger partial charge >= 0.3 is 6.18 Å². The Morgan fingerprint density at radius 2 is 1.73 bits per heavy atom. The fourth-order valence-electron chi connectivity index (χ4n) is 2.93. The number of sulfone groups is 1. The number of Topliss-reactive ketones (excluding diaryl/α,β-unsaturated/α-hetero) is 3. The minimum Gasteiger partial charge on any atom is -0.385 e. The van der Waals surface area contributed by atoms with Crippen molar-refractivity contribution in [3.05, 3.63) is 28.3 Å². The molecule has 0 radical (unpaired) electrons. The molecular formula is C17H16ClF3O8S. The van der Waals surface area contributed by atoms with Crippen molar-refractivity contribution in [1.29, 1.82) is 0 Å². The highest BCUT2D eigenvalue weighted by Crippen LogP contribution is 2.32. The minimum absolute atomic E-state index is 0.467. The van der Waals surface area contributed by atoms with Crippen molar-refractivity contribution >= 4 is 38.8 Å². The highest BCUT2D eigenvalue weighted by molar-refractivity contribution is 7.90. The molecule has 0 saturated heterocycles. The summed E-state index contributed by atoms with van der Waals surface area (Å²) in [5, 5.41) is 18.7. The van der Waals surface area contributed by atoms with Gasteiger partial charge in [-0.2, -0.15) is 13.2 Å². The Labute approximate surface area is 173 Å². The molecule has 0 amide bonds. The van der Waals surface area contributed by atoms with Crippen molar-refractivity contribution in [1.82, 2.24) is 0 Å². The van der Waals surface area contributed by atoms with Crippen molar-refractivity contribution in [2.24, 2.45) is 5.92 Å². The van der Waals surface area contributed by atoms with Crippen LogP contribution in [-0.4, -0.2) is 67.2 Å². The topological polar surface area (TPSA) is 135 Å². The van der Waals surface area contributed by atoms with Crippen LogP contribution in [0, 0.1) is 5.92 Å². The number of benzene rings is 1. The van der Waals surface area contributed by atoms with E-state index in [2.05, 4.69) is 4.74 Å². The SMILES string of the molecule is CS(=O)(=O)c1ccc(C(=O)C2C(=O)[C@@H](O)C[C@H](O)C2=O)c(Cl)c1COCC(F)(F)F. The lowest BCUT2D eigenvalue weighted by Gasteiger charge is -2.26. The van der Waals surface area contributed by atoms with Crippen LogP contribution in [0.1, 0.15) is 22.3 Å². The Bertz CT molecular complexity index is 969. The number of alkyl halides is 3. The predicted molar refractivity (Wildman–Crippen MR) is 94.7 cm³/mol. The lowest BCUT2D eigenvalue weighted by atomic mass is 9.78. The first-order chi connectivity index (χ1) is 13.6. The van der Waals surface area contributed by atoms with E-state index >= 15 is 0 Å². The van der Waals surface area contributed by atoms with E-state index in [1.165, 1.54) is 0 Å². The van der Waals surface area contributed by atoms with E-state index in [9.17, 15) is 46.2 Å². The normalized spacial score (nSPS) is 23.0. The maximum absolute atomic E-state index is 12.8. The first-order valence-corrected chi connectivity index (χ1v) is 10.6. The van der Waals surface area contributed by atoms with Gasteiger partial charge in [-0.25, -0.2) is 8.42 Å². The van der Waals surface area contributed by atoms with E-state index in [1.54, 1.807) is 0 Å². The number of halogens is 4. The molecule has 1 aromatic carbocycles. The van der Waals surface area contributed by atoms with Crippen molar-refractivity contribution in [2.45, 2.75) is 36.3 Å². The zero-order valence-corrected chi connectivity index (χ0v) is 16.8. The van der Waals surface area contributed by atoms with Gasteiger partial charge in [0.2, 0.25) is 0 Å². The van der Waals surface area contributed by atoms with Gasteiger partial charge in [0.1, 0.15) is 24.7 Å². The monoisotopic (exact) mass is 472 g/mol. The summed E-state index contributed by atoms with van der Waals surface area (Å²) in [6.45, 7) is -2.65. The van der Waals surface area contributed by atoms with E-state index in [4.69, 9.17) is 11.6 Å². The van der Waals surface area contributed by atoms with E-state index < -0.39 is 92.2 Å². The maximum Gasteiger partial charge on any atom is 0.411 e. The molecule has 166 valence electrons. The van der Waals surface area contributed by atoms with Crippen molar-refractivity contribution in [3.8, 4) is 0 Å². The molecule has 13 heteroatoms. The van der Waals surface area contributed by atoms with Crippen LogP contribution in [0.4, 0.5) is 13.2 Å². The molecule has 2 atom stereocenters. The summed E-state index contributed by atoms with van der Waals surface area (Å²) in [6.07, 6.45) is -8.10. The average molecular weight is 473 g/mol. The first-order valence-electron chi connectivity index (χ1n) is 8.29. The largest absolute Gasteiger partial charge is 0.411 e. The molecule has 0 spiro atoms. The molecule has 0 aromatic heterocycles. The van der Waals surface area contributed by atoms with Crippen LogP contribution in [0.2, 0.25) is 5.02 Å². The lowest BCUT2D eigenvalue weighted by molar-refractivity contribution is -0.176. The summed E-state index contributed by atoms with van der Waals surface area (Å²) in [4.78, 5) is 36.5. The summed E-state index contributed by atoms with van der Waals surface area (Å²) in [5.41, 5.74) is -1.01. The number of rotatable bonds is 6. The van der Waals surface area contributed by atoms with Gasteiger partial charge in [0.15, 0.2) is 27.2 Å². The highest BCUT2D eigenvalue weighted by atomic mass is 35.5. The van der Waals surface area contributed by atoms with E-state index in [0.717, 1.165) is 18.4 Å². The molecule has 0 heterocycles. The Balaban J connectivity index is 2.50. The van der Waals surface area contributed by atoms with E-state index in [-0.39, 0.29) is 0 Å². The van der Waals surface area contributed by atoms with Crippen LogP contribution in [0.3, 0.4) is 0 Å². The molecule has 8 nitrogen and oxygen atoms in total. The maximum atomic E-state index is 12.8. The van der Waals surface area contributed by atoms with Crippen LogP contribution in [-0.2, 0) is 30.8 Å². The molecule has 1 aromatic rings. The Kier molecular flexibility index (Phi) is 7.09. The number of aliphatic hydroxyl groups is 2. The third kappa shape index (κ3) is 5.24. The van der Waals surface area contributed by atoms with Gasteiger partial charge in [-0.1, -0.05) is 11.6 Å². The molecule has 1 saturated carbocycles. The van der Waals surface area contributed by atoms with Gasteiger partial charge in [0.25, 0.3) is 0 Å². The van der Waals surface area contributed by atoms with Crippen molar-refractivity contribution < 1.29 is 50.9 Å². The van der Waals surface area contributed by atoms with Gasteiger partial charge in [-0.05, 0) is 12.1 Å². The van der Waals surface area contributed by atoms with Crippen molar-refractivity contribution in [2.75, 3.05) is 12.9 Å². The second kappa shape index (κ2) is 8.71. The van der Waals surface area contributed by atoms with Crippen molar-refractivity contribution in [3.63, 3.8) is 0 Å². The smallest absolute Gasteiger partial charge is 0.385 e. The summed E-state index contributed by atoms with van der Waals surface area (Å²) in [6, 6.07) is 1.77. The fraction of sp³-hybridized carbons (Fsp3) is 0.471. The third-order valence-electron chi connectivity index (χ3n) is 4.31.